The summed E-state index contributed by atoms with van der Waals surface area (Å²) < 4.78 is 38.0. The predicted octanol–water partition coefficient (Wildman–Crippen LogP) is 2.34. The van der Waals surface area contributed by atoms with Crippen LogP contribution in [-0.2, 0) is 33.2 Å². The Hall–Kier alpha value is -1.01. The Morgan fingerprint density at radius 2 is 1.57 bits per heavy atom. The van der Waals surface area contributed by atoms with E-state index in [0.717, 1.165) is 0 Å². The molecule has 3 aliphatic heterocycles. The van der Waals surface area contributed by atoms with E-state index in [-0.39, 0.29) is 37.3 Å². The first-order chi connectivity index (χ1) is 24.4. The quantitative estimate of drug-likeness (QED) is 0.198. The summed E-state index contributed by atoms with van der Waals surface area (Å²) in [6.45, 7) is 19.8. The lowest BCUT2D eigenvalue weighted by molar-refractivity contribution is -0.338. The third-order valence-corrected chi connectivity index (χ3v) is 12.7. The van der Waals surface area contributed by atoms with Crippen LogP contribution in [0, 0.1) is 17.8 Å². The van der Waals surface area contributed by atoms with Crippen LogP contribution in [0.5, 0.6) is 0 Å². The molecule has 3 aliphatic rings. The molecule has 2 unspecified atom stereocenters. The number of hydrogen-bond acceptors (Lipinski definition) is 14. The Labute approximate surface area is 318 Å². The standard InChI is InChI=1S/C39H74N2O12/c1-15-28-38(11,46)32(43)25(7)40-20-21(3)18-36(9,45)33(53-35-30(42)27(41(12)13)17-22(4)49-35)23(5)31(24(6)34(44)51-28)52-29-19-37(10,48-14)39(47,16-2)26(8)50-29/h21-33,35,40,42-43,45-47H,15-20H2,1-14H3/t21-,22-,23+,24-,25-,26?,27?,28-,29+,30-,31+,32-,33-,35+,36-,37-,38-,39+/m1/s1. The van der Waals surface area contributed by atoms with Gasteiger partial charge in [0.2, 0.25) is 0 Å². The molecule has 0 radical (unpaired) electrons. The van der Waals surface area contributed by atoms with E-state index in [1.807, 2.05) is 46.7 Å². The maximum Gasteiger partial charge on any atom is 0.311 e. The van der Waals surface area contributed by atoms with Crippen LogP contribution >= 0.6 is 0 Å². The second-order valence-electron chi connectivity index (χ2n) is 17.4. The highest BCUT2D eigenvalue weighted by molar-refractivity contribution is 5.73. The first-order valence-electron chi connectivity index (χ1n) is 19.7. The van der Waals surface area contributed by atoms with Gasteiger partial charge in [-0.1, -0.05) is 27.7 Å². The summed E-state index contributed by atoms with van der Waals surface area (Å²) in [7, 11) is 5.30. The Morgan fingerprint density at radius 3 is 2.11 bits per heavy atom. The van der Waals surface area contributed by atoms with E-state index in [1.165, 1.54) is 14.0 Å². The fraction of sp³-hybridized carbons (Fsp3) is 0.974. The zero-order valence-electron chi connectivity index (χ0n) is 34.9. The van der Waals surface area contributed by atoms with Crippen molar-refractivity contribution in [1.82, 2.24) is 10.2 Å². The van der Waals surface area contributed by atoms with E-state index in [9.17, 15) is 30.3 Å². The molecule has 0 bridgehead atoms. The molecule has 0 saturated carbocycles. The van der Waals surface area contributed by atoms with E-state index in [0.29, 0.717) is 19.4 Å². The number of hydrogen-bond donors (Lipinski definition) is 6. The molecule has 3 rings (SSSR count). The van der Waals surface area contributed by atoms with Crippen molar-refractivity contribution in [2.24, 2.45) is 17.8 Å². The van der Waals surface area contributed by atoms with Crippen LogP contribution in [0.1, 0.15) is 108 Å². The minimum absolute atomic E-state index is 0.122. The summed E-state index contributed by atoms with van der Waals surface area (Å²) in [6, 6.07) is -0.865. The SMILES string of the molecule is CC[C@H]1OC(=O)[C@H](C)[C@@H](O[C@H]2C[C@@](C)(OC)[C@](O)(CC)C(C)O2)[C@H](C)[C@@H](O[C@@H]2O[C@H](C)CC(N(C)C)[C@H]2O)[C@](C)(O)C[C@@H](C)CN[C@H](C)[C@@H](O)[C@]1(C)O. The summed E-state index contributed by atoms with van der Waals surface area (Å²) in [5, 5.41) is 61.9. The second-order valence-corrected chi connectivity index (χ2v) is 17.4. The van der Waals surface area contributed by atoms with Crippen LogP contribution in [0.4, 0.5) is 0 Å². The molecular formula is C39H74N2O12. The van der Waals surface area contributed by atoms with Crippen LogP contribution < -0.4 is 5.32 Å². The molecular weight excluding hydrogens is 688 g/mol. The average molecular weight is 763 g/mol. The fourth-order valence-electron chi connectivity index (χ4n) is 9.08. The fourth-order valence-corrected chi connectivity index (χ4v) is 9.08. The molecule has 53 heavy (non-hydrogen) atoms. The van der Waals surface area contributed by atoms with Gasteiger partial charge in [0.05, 0.1) is 35.9 Å². The minimum Gasteiger partial charge on any atom is -0.459 e. The number of esters is 1. The second kappa shape index (κ2) is 18.1. The van der Waals surface area contributed by atoms with Crippen LogP contribution in [0.2, 0.25) is 0 Å². The number of ether oxygens (including phenoxy) is 6. The molecule has 0 aromatic carbocycles. The Balaban J connectivity index is 2.17. The van der Waals surface area contributed by atoms with Crippen LogP contribution in [0.15, 0.2) is 0 Å². The van der Waals surface area contributed by atoms with Crippen LogP contribution in [0.25, 0.3) is 0 Å². The molecule has 0 aromatic heterocycles. The van der Waals surface area contributed by atoms with Crippen molar-refractivity contribution in [2.75, 3.05) is 27.7 Å². The average Bonchev–Trinajstić information content (AvgIpc) is 3.08. The van der Waals surface area contributed by atoms with Gasteiger partial charge in [-0.3, -0.25) is 4.79 Å². The van der Waals surface area contributed by atoms with Crippen LogP contribution in [-0.4, -0.2) is 154 Å². The van der Waals surface area contributed by atoms with Gasteiger partial charge < -0.3 is 64.2 Å². The number of carbonyl (C=O) groups is 1. The topological polar surface area (TPSA) is 189 Å². The smallest absolute Gasteiger partial charge is 0.311 e. The molecule has 0 aliphatic carbocycles. The van der Waals surface area contributed by atoms with Gasteiger partial charge in [-0.25, -0.2) is 0 Å². The van der Waals surface area contributed by atoms with Gasteiger partial charge in [0.25, 0.3) is 0 Å². The minimum atomic E-state index is -1.81. The monoisotopic (exact) mass is 763 g/mol. The molecule has 312 valence electrons. The number of likely N-dealkylation sites (N-methyl/N-ethyl adjacent to an activating group) is 1. The molecule has 14 heteroatoms. The van der Waals surface area contributed by atoms with E-state index in [1.54, 1.807) is 41.5 Å². The van der Waals surface area contributed by atoms with Crippen molar-refractivity contribution < 1.29 is 58.7 Å². The molecule has 0 aromatic rings. The van der Waals surface area contributed by atoms with Crippen molar-refractivity contribution in [3.05, 3.63) is 0 Å². The Bertz CT molecular complexity index is 1180. The number of methoxy groups -OCH3 is 1. The van der Waals surface area contributed by atoms with E-state index >= 15 is 0 Å². The first kappa shape index (κ1) is 46.4. The molecule has 0 amide bonds. The largest absolute Gasteiger partial charge is 0.459 e. The summed E-state index contributed by atoms with van der Waals surface area (Å²) in [5.74, 6) is -2.63. The van der Waals surface area contributed by atoms with Crippen molar-refractivity contribution in [1.29, 1.82) is 0 Å². The maximum absolute atomic E-state index is 14.2. The lowest BCUT2D eigenvalue weighted by atomic mass is 9.74. The van der Waals surface area contributed by atoms with Gasteiger partial charge in [-0.2, -0.15) is 0 Å². The first-order valence-corrected chi connectivity index (χ1v) is 19.7. The zero-order valence-corrected chi connectivity index (χ0v) is 34.9. The number of nitrogens with one attached hydrogen (secondary N) is 1. The number of aliphatic hydroxyl groups is 5. The van der Waals surface area contributed by atoms with Crippen molar-refractivity contribution >= 4 is 5.97 Å². The lowest BCUT2D eigenvalue weighted by Crippen LogP contribution is -2.66. The molecule has 3 saturated heterocycles. The summed E-state index contributed by atoms with van der Waals surface area (Å²) >= 11 is 0. The summed E-state index contributed by atoms with van der Waals surface area (Å²) in [4.78, 5) is 16.2. The highest BCUT2D eigenvalue weighted by Crippen LogP contribution is 2.44. The Kier molecular flexibility index (Phi) is 15.8. The lowest BCUT2D eigenvalue weighted by Gasteiger charge is -2.53. The highest BCUT2D eigenvalue weighted by atomic mass is 16.7. The van der Waals surface area contributed by atoms with Gasteiger partial charge in [-0.15, -0.1) is 0 Å². The summed E-state index contributed by atoms with van der Waals surface area (Å²) in [5.41, 5.74) is -5.77. The zero-order chi connectivity index (χ0) is 40.4. The van der Waals surface area contributed by atoms with Gasteiger partial charge >= 0.3 is 5.97 Å². The summed E-state index contributed by atoms with van der Waals surface area (Å²) in [6.07, 6.45) is -7.03. The highest BCUT2D eigenvalue weighted by Gasteiger charge is 2.57. The van der Waals surface area contributed by atoms with Gasteiger partial charge in [0.15, 0.2) is 12.6 Å². The molecule has 3 fully saturated rings. The van der Waals surface area contributed by atoms with Crippen molar-refractivity contribution in [3.63, 3.8) is 0 Å². The van der Waals surface area contributed by atoms with Crippen LogP contribution in [0.3, 0.4) is 0 Å². The number of carbonyl (C=O) groups excluding carboxylic acids is 1. The van der Waals surface area contributed by atoms with Crippen molar-refractivity contribution in [3.8, 4) is 0 Å². The number of cyclic esters (lactones) is 1. The number of rotatable bonds is 8. The molecule has 18 atom stereocenters. The number of aliphatic hydroxyl groups excluding tert-OH is 2. The molecule has 14 nitrogen and oxygen atoms in total. The molecule has 6 N–H and O–H groups in total. The molecule has 3 heterocycles. The van der Waals surface area contributed by atoms with Gasteiger partial charge in [0.1, 0.15) is 35.1 Å². The van der Waals surface area contributed by atoms with Gasteiger partial charge in [0, 0.05) is 31.5 Å². The van der Waals surface area contributed by atoms with Crippen molar-refractivity contribution in [2.45, 2.75) is 198 Å². The van der Waals surface area contributed by atoms with E-state index < -0.39 is 95.5 Å². The third kappa shape index (κ3) is 9.93. The third-order valence-electron chi connectivity index (χ3n) is 12.7. The maximum atomic E-state index is 14.2. The Morgan fingerprint density at radius 1 is 0.943 bits per heavy atom. The predicted molar refractivity (Wildman–Crippen MR) is 199 cm³/mol. The normalized spacial score (nSPS) is 49.9. The number of nitrogens with zero attached hydrogens (tertiary/aromatic N) is 1. The molecule has 0 spiro atoms. The van der Waals surface area contributed by atoms with E-state index in [4.69, 9.17) is 28.4 Å². The van der Waals surface area contributed by atoms with E-state index in [2.05, 4.69) is 5.32 Å². The van der Waals surface area contributed by atoms with Gasteiger partial charge in [-0.05, 0) is 101 Å².